The molecule has 5 rings (SSSR count). The Balaban J connectivity index is 1.64. The van der Waals surface area contributed by atoms with Gasteiger partial charge >= 0.3 is 26.5 Å². The molecule has 0 unspecified atom stereocenters. The highest BCUT2D eigenvalue weighted by molar-refractivity contribution is 7.52. The average molecular weight is 676 g/mol. The number of halogens is 4. The van der Waals surface area contributed by atoms with Crippen LogP contribution in [-0.2, 0) is 38.7 Å². The van der Waals surface area contributed by atoms with Crippen LogP contribution in [0.4, 0.5) is 17.6 Å². The van der Waals surface area contributed by atoms with Gasteiger partial charge in [-0.3, -0.25) is 9.13 Å². The Hall–Kier alpha value is -3.96. The molecule has 0 aliphatic heterocycles. The van der Waals surface area contributed by atoms with Crippen LogP contribution in [-0.4, -0.2) is 29.7 Å². The largest absolute Gasteiger partial charge is 0.399 e. The summed E-state index contributed by atoms with van der Waals surface area (Å²) in [7, 11) is -11.6. The summed E-state index contributed by atoms with van der Waals surface area (Å²) in [5.74, 6) is 0.330. The molecule has 0 radical (unpaired) electrons. The zero-order chi connectivity index (χ0) is 33.4. The normalized spacial score (nSPS) is 13.1. The van der Waals surface area contributed by atoms with Crippen molar-refractivity contribution in [2.24, 2.45) is 0 Å². The van der Waals surface area contributed by atoms with Crippen LogP contribution >= 0.6 is 15.2 Å². The predicted octanol–water partition coefficient (Wildman–Crippen LogP) is 6.96. The van der Waals surface area contributed by atoms with Gasteiger partial charge in [0.15, 0.2) is 5.82 Å². The molecule has 0 bridgehead atoms. The zero-order valence-electron chi connectivity index (χ0n) is 23.6. The van der Waals surface area contributed by atoms with E-state index in [0.29, 0.717) is 22.3 Å². The Bertz CT molecular complexity index is 1820. The van der Waals surface area contributed by atoms with Gasteiger partial charge in [-0.1, -0.05) is 102 Å². The van der Waals surface area contributed by atoms with Crippen molar-refractivity contribution in [3.63, 3.8) is 0 Å². The van der Waals surface area contributed by atoms with Gasteiger partial charge in [-0.05, 0) is 41.7 Å². The van der Waals surface area contributed by atoms with Gasteiger partial charge in [0.1, 0.15) is 0 Å². The lowest BCUT2D eigenvalue weighted by atomic mass is 9.70. The van der Waals surface area contributed by atoms with Gasteiger partial charge in [0, 0.05) is 16.7 Å². The van der Waals surface area contributed by atoms with E-state index < -0.39 is 43.1 Å². The maximum atomic E-state index is 14.4. The van der Waals surface area contributed by atoms with Crippen molar-refractivity contribution in [2.75, 3.05) is 0 Å². The van der Waals surface area contributed by atoms with Crippen LogP contribution in [0.25, 0.3) is 11.5 Å². The van der Waals surface area contributed by atoms with E-state index >= 15 is 0 Å². The van der Waals surface area contributed by atoms with E-state index in [1.807, 2.05) is 0 Å². The highest BCUT2D eigenvalue weighted by Crippen LogP contribution is 2.60. The van der Waals surface area contributed by atoms with Crippen molar-refractivity contribution < 1.29 is 50.8 Å². The summed E-state index contributed by atoms with van der Waals surface area (Å²) in [6.07, 6.45) is 0.0415. The minimum absolute atomic E-state index is 0.0208. The molecule has 0 aliphatic rings. The molecule has 9 nitrogen and oxygen atoms in total. The summed E-state index contributed by atoms with van der Waals surface area (Å²) >= 11 is 0. The summed E-state index contributed by atoms with van der Waals surface area (Å²) in [5.41, 5.74) is -9.74. The summed E-state index contributed by atoms with van der Waals surface area (Å²) < 4.78 is 86.1. The fourth-order valence-electron chi connectivity index (χ4n) is 5.11. The van der Waals surface area contributed by atoms with Gasteiger partial charge < -0.3 is 24.1 Å². The molecule has 0 saturated heterocycles. The zero-order valence-corrected chi connectivity index (χ0v) is 25.4. The minimum atomic E-state index is -5.81. The van der Waals surface area contributed by atoms with Crippen molar-refractivity contribution >= 4 is 15.2 Å². The van der Waals surface area contributed by atoms with Crippen molar-refractivity contribution in [2.45, 2.75) is 29.6 Å². The summed E-state index contributed by atoms with van der Waals surface area (Å²) in [6, 6.07) is 26.4. The second-order valence-corrected chi connectivity index (χ2v) is 14.0. The molecule has 15 heteroatoms. The molecule has 0 spiro atoms. The molecule has 0 saturated carbocycles. The van der Waals surface area contributed by atoms with Crippen molar-refractivity contribution in [3.05, 3.63) is 143 Å². The number of benzene rings is 4. The van der Waals surface area contributed by atoms with E-state index in [2.05, 4.69) is 10.1 Å². The lowest BCUT2D eigenvalue weighted by molar-refractivity contribution is 0.0564. The monoisotopic (exact) mass is 676 g/mol. The fraction of sp³-hybridized carbons (Fsp3) is 0.161. The molecule has 0 amide bonds. The van der Waals surface area contributed by atoms with Crippen LogP contribution in [0.5, 0.6) is 0 Å². The highest BCUT2D eigenvalue weighted by Gasteiger charge is 2.51. The molecule has 1 heterocycles. The standard InChI is InChI=1S/C31H26F4N2O7P2/c32-30(33,45(38,39)40)25-15-11-21(12-16-25)19-29(24-9-5-2-6-10-24,28-36-27(44-37-28)23-7-3-1-4-8-23)20-22-13-17-26(18-14-22)31(34,35)46(41,42)43/h1-18H,19-20H2,(H2,38,39,40)(H2,41,42,43). The van der Waals surface area contributed by atoms with Gasteiger partial charge in [-0.25, -0.2) is 0 Å². The third-order valence-electron chi connectivity index (χ3n) is 7.55. The fourth-order valence-corrected chi connectivity index (χ4v) is 6.08. The maximum absolute atomic E-state index is 14.4. The van der Waals surface area contributed by atoms with Crippen molar-refractivity contribution in [1.82, 2.24) is 10.1 Å². The smallest absolute Gasteiger partial charge is 0.334 e. The van der Waals surface area contributed by atoms with E-state index in [1.165, 1.54) is 24.3 Å². The van der Waals surface area contributed by atoms with Crippen LogP contribution in [0.3, 0.4) is 0 Å². The molecule has 0 fully saturated rings. The molecule has 4 N–H and O–H groups in total. The van der Waals surface area contributed by atoms with E-state index in [0.717, 1.165) is 24.3 Å². The van der Waals surface area contributed by atoms with E-state index in [-0.39, 0.29) is 24.6 Å². The molecule has 46 heavy (non-hydrogen) atoms. The molecule has 0 atom stereocenters. The second-order valence-electron chi connectivity index (χ2n) is 10.7. The van der Waals surface area contributed by atoms with Gasteiger partial charge in [0.05, 0.1) is 5.41 Å². The molecule has 5 aromatic rings. The van der Waals surface area contributed by atoms with Crippen LogP contribution in [0, 0.1) is 0 Å². The van der Waals surface area contributed by atoms with E-state index in [9.17, 15) is 46.3 Å². The van der Waals surface area contributed by atoms with Crippen molar-refractivity contribution in [3.8, 4) is 11.5 Å². The number of hydrogen-bond acceptors (Lipinski definition) is 5. The lowest BCUT2D eigenvalue weighted by Gasteiger charge is -2.32. The molecular formula is C31H26F4N2O7P2. The number of hydrogen-bond donors (Lipinski definition) is 4. The van der Waals surface area contributed by atoms with Gasteiger partial charge in [-0.15, -0.1) is 0 Å². The molecule has 4 aromatic carbocycles. The average Bonchev–Trinajstić information content (AvgIpc) is 3.52. The summed E-state index contributed by atoms with van der Waals surface area (Å²) in [6.45, 7) is 0. The first-order valence-electron chi connectivity index (χ1n) is 13.6. The Morgan fingerprint density at radius 3 is 1.41 bits per heavy atom. The van der Waals surface area contributed by atoms with Gasteiger partial charge in [0.25, 0.3) is 5.89 Å². The minimum Gasteiger partial charge on any atom is -0.334 e. The number of rotatable bonds is 11. The molecule has 240 valence electrons. The first-order chi connectivity index (χ1) is 21.5. The number of alkyl halides is 4. The molecule has 0 aliphatic carbocycles. The second kappa shape index (κ2) is 12.3. The first-order valence-corrected chi connectivity index (χ1v) is 16.8. The number of aromatic nitrogens is 2. The Kier molecular flexibility index (Phi) is 8.96. The van der Waals surface area contributed by atoms with E-state index in [4.69, 9.17) is 4.52 Å². The topological polar surface area (TPSA) is 154 Å². The van der Waals surface area contributed by atoms with Crippen LogP contribution < -0.4 is 0 Å². The van der Waals surface area contributed by atoms with Crippen LogP contribution in [0.1, 0.15) is 33.6 Å². The third-order valence-corrected chi connectivity index (χ3v) is 9.53. The maximum Gasteiger partial charge on any atom is 0.399 e. The molecule has 1 aromatic heterocycles. The van der Waals surface area contributed by atoms with E-state index in [1.54, 1.807) is 60.7 Å². The SMILES string of the molecule is O=P(O)(O)C(F)(F)c1ccc(CC(Cc2ccc(C(F)(F)P(=O)(O)O)cc2)(c2ccccc2)c2noc(-c3ccccc3)n2)cc1. The third kappa shape index (κ3) is 6.48. The Labute approximate surface area is 259 Å². The highest BCUT2D eigenvalue weighted by atomic mass is 31.2. The predicted molar refractivity (Wildman–Crippen MR) is 159 cm³/mol. The van der Waals surface area contributed by atoms with Gasteiger partial charge in [0.2, 0.25) is 0 Å². The number of nitrogens with zero attached hydrogens (tertiary/aromatic N) is 2. The van der Waals surface area contributed by atoms with Crippen LogP contribution in [0.2, 0.25) is 0 Å². The lowest BCUT2D eigenvalue weighted by Crippen LogP contribution is -2.34. The summed E-state index contributed by atoms with van der Waals surface area (Å²) in [4.78, 5) is 41.4. The molecular weight excluding hydrogens is 650 g/mol. The quantitative estimate of drug-likeness (QED) is 0.0859. The Morgan fingerprint density at radius 2 is 1.00 bits per heavy atom. The van der Waals surface area contributed by atoms with Crippen LogP contribution in [0.15, 0.2) is 114 Å². The first kappa shape index (κ1) is 33.4. The Morgan fingerprint density at radius 1 is 0.587 bits per heavy atom. The van der Waals surface area contributed by atoms with Gasteiger partial charge in [-0.2, -0.15) is 22.5 Å². The van der Waals surface area contributed by atoms with Crippen molar-refractivity contribution in [1.29, 1.82) is 0 Å². The summed E-state index contributed by atoms with van der Waals surface area (Å²) in [5, 5.41) is 4.28.